The molecule has 106 valence electrons. The third kappa shape index (κ3) is 2.16. The molecule has 2 aromatic rings. The van der Waals surface area contributed by atoms with Crippen LogP contribution in [0.4, 0.5) is 0 Å². The Morgan fingerprint density at radius 3 is 3.00 bits per heavy atom. The van der Waals surface area contributed by atoms with Crippen molar-refractivity contribution in [3.63, 3.8) is 0 Å². The average Bonchev–Trinajstić information content (AvgIpc) is 2.85. The molecule has 1 saturated carbocycles. The van der Waals surface area contributed by atoms with Crippen LogP contribution in [-0.4, -0.2) is 26.2 Å². The average molecular weight is 272 g/mol. The van der Waals surface area contributed by atoms with Gasteiger partial charge in [0.1, 0.15) is 0 Å². The van der Waals surface area contributed by atoms with Crippen LogP contribution in [0.2, 0.25) is 0 Å². The zero-order valence-electron chi connectivity index (χ0n) is 11.8. The fraction of sp³-hybridized carbons (Fsp3) is 0.600. The quantitative estimate of drug-likeness (QED) is 0.858. The minimum atomic E-state index is 0.478. The van der Waals surface area contributed by atoms with Crippen molar-refractivity contribution in [2.24, 2.45) is 7.05 Å². The van der Waals surface area contributed by atoms with Crippen molar-refractivity contribution >= 4 is 0 Å². The molecule has 1 aliphatic heterocycles. The molecule has 2 aliphatic rings. The van der Waals surface area contributed by atoms with Gasteiger partial charge in [-0.15, -0.1) is 0 Å². The van der Waals surface area contributed by atoms with Gasteiger partial charge in [0.25, 0.3) is 0 Å². The van der Waals surface area contributed by atoms with Gasteiger partial charge in [0.15, 0.2) is 5.82 Å². The van der Waals surface area contributed by atoms with E-state index in [4.69, 9.17) is 4.52 Å². The first-order valence-electron chi connectivity index (χ1n) is 7.49. The van der Waals surface area contributed by atoms with Crippen molar-refractivity contribution in [3.8, 4) is 0 Å². The Hall–Kier alpha value is -1.62. The van der Waals surface area contributed by atoms with E-state index in [0.717, 1.165) is 24.8 Å². The second kappa shape index (κ2) is 4.74. The highest BCUT2D eigenvalue weighted by molar-refractivity contribution is 5.13. The summed E-state index contributed by atoms with van der Waals surface area (Å²) >= 11 is 0. The van der Waals surface area contributed by atoms with Crippen LogP contribution in [0.5, 0.6) is 0 Å². The van der Waals surface area contributed by atoms with Gasteiger partial charge < -0.3 is 9.09 Å². The Balaban J connectivity index is 1.50. The van der Waals surface area contributed by atoms with Crippen LogP contribution in [-0.2, 0) is 13.6 Å². The molecule has 2 aromatic heterocycles. The molecule has 2 fully saturated rings. The lowest BCUT2D eigenvalue weighted by Crippen LogP contribution is -2.24. The van der Waals surface area contributed by atoms with Gasteiger partial charge in [0, 0.05) is 24.9 Å². The maximum absolute atomic E-state index is 5.41. The molecule has 0 unspecified atom stereocenters. The SMILES string of the molecule is Cn1cccc1[C@@H]1CCCN1Cc1nc(C2CC2)no1. The van der Waals surface area contributed by atoms with Gasteiger partial charge in [-0.2, -0.15) is 4.98 Å². The lowest BCUT2D eigenvalue weighted by molar-refractivity contribution is 0.207. The van der Waals surface area contributed by atoms with Gasteiger partial charge in [-0.1, -0.05) is 5.16 Å². The Kier molecular flexibility index (Phi) is 2.88. The summed E-state index contributed by atoms with van der Waals surface area (Å²) in [6.07, 6.45) is 6.99. The van der Waals surface area contributed by atoms with Crippen molar-refractivity contribution in [1.29, 1.82) is 0 Å². The molecular formula is C15H20N4O. The highest BCUT2D eigenvalue weighted by atomic mass is 16.5. The Morgan fingerprint density at radius 2 is 2.25 bits per heavy atom. The molecule has 0 bridgehead atoms. The highest BCUT2D eigenvalue weighted by Gasteiger charge is 2.31. The fourth-order valence-electron chi connectivity index (χ4n) is 3.18. The highest BCUT2D eigenvalue weighted by Crippen LogP contribution is 2.38. The zero-order valence-corrected chi connectivity index (χ0v) is 11.8. The van der Waals surface area contributed by atoms with Gasteiger partial charge >= 0.3 is 0 Å². The van der Waals surface area contributed by atoms with E-state index in [1.807, 2.05) is 0 Å². The van der Waals surface area contributed by atoms with Crippen molar-refractivity contribution < 1.29 is 4.52 Å². The molecule has 5 heteroatoms. The molecular weight excluding hydrogens is 252 g/mol. The van der Waals surface area contributed by atoms with Crippen LogP contribution < -0.4 is 0 Å². The van der Waals surface area contributed by atoms with E-state index in [1.54, 1.807) is 0 Å². The first-order valence-corrected chi connectivity index (χ1v) is 7.49. The largest absolute Gasteiger partial charge is 0.353 e. The normalized spacial score (nSPS) is 23.6. The van der Waals surface area contributed by atoms with E-state index in [1.165, 1.54) is 31.4 Å². The van der Waals surface area contributed by atoms with Crippen LogP contribution >= 0.6 is 0 Å². The number of hydrogen-bond acceptors (Lipinski definition) is 4. The Morgan fingerprint density at radius 1 is 1.35 bits per heavy atom. The van der Waals surface area contributed by atoms with E-state index in [2.05, 4.69) is 45.0 Å². The van der Waals surface area contributed by atoms with E-state index < -0.39 is 0 Å². The molecule has 3 heterocycles. The van der Waals surface area contributed by atoms with Crippen LogP contribution in [0.3, 0.4) is 0 Å². The fourth-order valence-corrected chi connectivity index (χ4v) is 3.18. The molecule has 5 nitrogen and oxygen atoms in total. The summed E-state index contributed by atoms with van der Waals surface area (Å²) in [7, 11) is 2.11. The summed E-state index contributed by atoms with van der Waals surface area (Å²) < 4.78 is 7.63. The second-order valence-electron chi connectivity index (χ2n) is 5.99. The zero-order chi connectivity index (χ0) is 13.5. The topological polar surface area (TPSA) is 47.1 Å². The summed E-state index contributed by atoms with van der Waals surface area (Å²) in [5.74, 6) is 2.25. The summed E-state index contributed by atoms with van der Waals surface area (Å²) in [6.45, 7) is 1.88. The van der Waals surface area contributed by atoms with Crippen molar-refractivity contribution in [3.05, 3.63) is 35.7 Å². The maximum Gasteiger partial charge on any atom is 0.240 e. The number of rotatable bonds is 4. The number of aryl methyl sites for hydroxylation is 1. The second-order valence-corrected chi connectivity index (χ2v) is 5.99. The molecule has 0 spiro atoms. The molecule has 0 amide bonds. The van der Waals surface area contributed by atoms with Crippen molar-refractivity contribution in [2.45, 2.75) is 44.2 Å². The van der Waals surface area contributed by atoms with Gasteiger partial charge in [-0.05, 0) is 44.4 Å². The Bertz CT molecular complexity index is 599. The molecule has 1 saturated heterocycles. The number of nitrogens with zero attached hydrogens (tertiary/aromatic N) is 4. The third-order valence-corrected chi connectivity index (χ3v) is 4.45. The number of aromatic nitrogens is 3. The predicted octanol–water partition coefficient (Wildman–Crippen LogP) is 2.62. The number of likely N-dealkylation sites (tertiary alicyclic amines) is 1. The van der Waals surface area contributed by atoms with Crippen molar-refractivity contribution in [1.82, 2.24) is 19.6 Å². The first-order chi connectivity index (χ1) is 9.81. The van der Waals surface area contributed by atoms with Gasteiger partial charge in [0.05, 0.1) is 12.6 Å². The van der Waals surface area contributed by atoms with Crippen LogP contribution in [0.1, 0.15) is 55.1 Å². The minimum absolute atomic E-state index is 0.478. The Labute approximate surface area is 118 Å². The van der Waals surface area contributed by atoms with Crippen LogP contribution in [0.15, 0.2) is 22.9 Å². The van der Waals surface area contributed by atoms with E-state index in [9.17, 15) is 0 Å². The summed E-state index contributed by atoms with van der Waals surface area (Å²) in [6, 6.07) is 4.81. The maximum atomic E-state index is 5.41. The molecule has 1 aliphatic carbocycles. The lowest BCUT2D eigenvalue weighted by atomic mass is 10.1. The van der Waals surface area contributed by atoms with E-state index in [-0.39, 0.29) is 0 Å². The monoisotopic (exact) mass is 272 g/mol. The molecule has 0 aromatic carbocycles. The number of hydrogen-bond donors (Lipinski definition) is 0. The third-order valence-electron chi connectivity index (χ3n) is 4.45. The molecule has 0 N–H and O–H groups in total. The first kappa shape index (κ1) is 12.1. The predicted molar refractivity (Wildman–Crippen MR) is 74.1 cm³/mol. The molecule has 4 rings (SSSR count). The smallest absolute Gasteiger partial charge is 0.240 e. The molecule has 1 atom stereocenters. The van der Waals surface area contributed by atoms with Gasteiger partial charge in [-0.3, -0.25) is 4.90 Å². The standard InChI is InChI=1S/C15H20N4O/c1-18-8-2-4-12(18)13-5-3-9-19(13)10-14-16-15(17-20-14)11-6-7-11/h2,4,8,11,13H,3,5-7,9-10H2,1H3/t13-/m0/s1. The van der Waals surface area contributed by atoms with Crippen LogP contribution in [0, 0.1) is 0 Å². The molecule has 0 radical (unpaired) electrons. The van der Waals surface area contributed by atoms with Gasteiger partial charge in [0.2, 0.25) is 5.89 Å². The molecule has 20 heavy (non-hydrogen) atoms. The van der Waals surface area contributed by atoms with E-state index in [0.29, 0.717) is 12.0 Å². The minimum Gasteiger partial charge on any atom is -0.353 e. The summed E-state index contributed by atoms with van der Waals surface area (Å²) in [4.78, 5) is 7.01. The lowest BCUT2D eigenvalue weighted by Gasteiger charge is -2.23. The van der Waals surface area contributed by atoms with E-state index >= 15 is 0 Å². The summed E-state index contributed by atoms with van der Waals surface area (Å²) in [5, 5.41) is 4.11. The van der Waals surface area contributed by atoms with Crippen molar-refractivity contribution in [2.75, 3.05) is 6.54 Å². The van der Waals surface area contributed by atoms with Crippen LogP contribution in [0.25, 0.3) is 0 Å². The summed E-state index contributed by atoms with van der Waals surface area (Å²) in [5.41, 5.74) is 1.38. The van der Waals surface area contributed by atoms with Gasteiger partial charge in [-0.25, -0.2) is 0 Å².